The lowest BCUT2D eigenvalue weighted by atomic mass is 10.2. The van der Waals surface area contributed by atoms with Gasteiger partial charge in [0.2, 0.25) is 0 Å². The maximum Gasteiger partial charge on any atom is 0.139 e. The van der Waals surface area contributed by atoms with Gasteiger partial charge in [-0.25, -0.2) is 0 Å². The summed E-state index contributed by atoms with van der Waals surface area (Å²) in [6.45, 7) is 2.56. The van der Waals surface area contributed by atoms with Gasteiger partial charge in [-0.05, 0) is 43.3 Å². The summed E-state index contributed by atoms with van der Waals surface area (Å²) in [5.41, 5.74) is 6.32. The summed E-state index contributed by atoms with van der Waals surface area (Å²) in [6, 6.07) is 12.5. The van der Waals surface area contributed by atoms with Gasteiger partial charge in [-0.3, -0.25) is 0 Å². The second-order valence-electron chi connectivity index (χ2n) is 4.01. The molecular weight excluding hydrogens is 294 g/mol. The smallest absolute Gasteiger partial charge is 0.139 e. The zero-order valence-electron chi connectivity index (χ0n) is 10.9. The molecule has 3 nitrogen and oxygen atoms in total. The van der Waals surface area contributed by atoms with E-state index in [2.05, 4.69) is 0 Å². The molecule has 0 heterocycles. The molecule has 104 valence electrons. The summed E-state index contributed by atoms with van der Waals surface area (Å²) in [4.78, 5) is 0.266. The minimum absolute atomic E-state index is 0.266. The molecule has 0 saturated carbocycles. The largest absolute Gasteiger partial charge is 0.494 e. The van der Waals surface area contributed by atoms with E-state index < -0.39 is 0 Å². The molecule has 20 heavy (non-hydrogen) atoms. The summed E-state index contributed by atoms with van der Waals surface area (Å²) in [7, 11) is 0. The maximum atomic E-state index is 5.97. The first-order chi connectivity index (χ1) is 9.60. The molecule has 0 amide bonds. The van der Waals surface area contributed by atoms with Crippen molar-refractivity contribution in [1.82, 2.24) is 0 Å². The highest BCUT2D eigenvalue weighted by molar-refractivity contribution is 7.80. The van der Waals surface area contributed by atoms with Crippen molar-refractivity contribution in [2.45, 2.75) is 6.92 Å². The number of halogens is 1. The molecule has 0 aliphatic heterocycles. The average Bonchev–Trinajstić information content (AvgIpc) is 2.41. The average molecular weight is 308 g/mol. The highest BCUT2D eigenvalue weighted by Crippen LogP contribution is 2.29. The van der Waals surface area contributed by atoms with Crippen molar-refractivity contribution < 1.29 is 9.47 Å². The van der Waals surface area contributed by atoms with E-state index in [1.807, 2.05) is 31.2 Å². The number of benzene rings is 2. The van der Waals surface area contributed by atoms with Crippen LogP contribution >= 0.6 is 23.8 Å². The minimum Gasteiger partial charge on any atom is -0.494 e. The van der Waals surface area contributed by atoms with Crippen LogP contribution in [-0.2, 0) is 0 Å². The fraction of sp³-hybridized carbons (Fsp3) is 0.133. The lowest BCUT2D eigenvalue weighted by Crippen LogP contribution is -2.10. The van der Waals surface area contributed by atoms with Crippen LogP contribution in [0, 0.1) is 0 Å². The predicted molar refractivity (Wildman–Crippen MR) is 85.0 cm³/mol. The lowest BCUT2D eigenvalue weighted by Gasteiger charge is -2.11. The molecule has 0 saturated heterocycles. The third-order valence-corrected chi connectivity index (χ3v) is 3.03. The molecule has 2 rings (SSSR count). The van der Waals surface area contributed by atoms with Crippen LogP contribution in [0.3, 0.4) is 0 Å². The molecule has 0 radical (unpaired) electrons. The Morgan fingerprint density at radius 2 is 1.80 bits per heavy atom. The van der Waals surface area contributed by atoms with Crippen molar-refractivity contribution in [3.63, 3.8) is 0 Å². The first kappa shape index (κ1) is 14.6. The van der Waals surface area contributed by atoms with Crippen LogP contribution in [0.4, 0.5) is 0 Å². The van der Waals surface area contributed by atoms with Gasteiger partial charge in [-0.1, -0.05) is 23.8 Å². The topological polar surface area (TPSA) is 44.5 Å². The second-order valence-corrected chi connectivity index (χ2v) is 4.89. The molecule has 0 atom stereocenters. The van der Waals surface area contributed by atoms with E-state index in [1.165, 1.54) is 0 Å². The standard InChI is InChI=1S/C15H14ClNO2S/c1-2-18-11-4-6-12(7-5-11)19-14-9-10(16)3-8-13(14)15(17)20/h3-9H,2H2,1H3,(H2,17,20). The van der Waals surface area contributed by atoms with Gasteiger partial charge in [0.1, 0.15) is 22.2 Å². The number of rotatable bonds is 5. The fourth-order valence-electron chi connectivity index (χ4n) is 1.68. The van der Waals surface area contributed by atoms with E-state index >= 15 is 0 Å². The van der Waals surface area contributed by atoms with Crippen LogP contribution in [0.2, 0.25) is 5.02 Å². The van der Waals surface area contributed by atoms with Gasteiger partial charge in [-0.15, -0.1) is 0 Å². The molecule has 0 bridgehead atoms. The zero-order valence-corrected chi connectivity index (χ0v) is 12.5. The first-order valence-corrected chi connectivity index (χ1v) is 6.89. The molecule has 2 N–H and O–H groups in total. The van der Waals surface area contributed by atoms with Gasteiger partial charge in [0, 0.05) is 11.1 Å². The molecule has 0 aliphatic carbocycles. The van der Waals surface area contributed by atoms with Gasteiger partial charge >= 0.3 is 0 Å². The number of hydrogen-bond donors (Lipinski definition) is 1. The number of ether oxygens (including phenoxy) is 2. The Labute approximate surface area is 128 Å². The molecule has 0 fully saturated rings. The normalized spacial score (nSPS) is 10.1. The summed E-state index contributed by atoms with van der Waals surface area (Å²) >= 11 is 11.0. The maximum absolute atomic E-state index is 5.97. The Hall–Kier alpha value is -1.78. The van der Waals surface area contributed by atoms with E-state index in [0.717, 1.165) is 5.75 Å². The van der Waals surface area contributed by atoms with Crippen LogP contribution in [0.1, 0.15) is 12.5 Å². The molecule has 2 aromatic carbocycles. The number of nitrogens with two attached hydrogens (primary N) is 1. The molecule has 0 unspecified atom stereocenters. The van der Waals surface area contributed by atoms with Crippen molar-refractivity contribution in [3.8, 4) is 17.2 Å². The molecule has 0 spiro atoms. The van der Waals surface area contributed by atoms with Crippen molar-refractivity contribution >= 4 is 28.8 Å². The minimum atomic E-state index is 0.266. The van der Waals surface area contributed by atoms with E-state index in [0.29, 0.717) is 28.7 Å². The summed E-state index contributed by atoms with van der Waals surface area (Å²) in [6.07, 6.45) is 0. The fourth-order valence-corrected chi connectivity index (χ4v) is 2.01. The predicted octanol–water partition coefficient (Wildman–Crippen LogP) is 4.17. The quantitative estimate of drug-likeness (QED) is 0.842. The zero-order chi connectivity index (χ0) is 14.5. The molecule has 5 heteroatoms. The SMILES string of the molecule is CCOc1ccc(Oc2cc(Cl)ccc2C(N)=S)cc1. The second kappa shape index (κ2) is 6.59. The number of hydrogen-bond acceptors (Lipinski definition) is 3. The van der Waals surface area contributed by atoms with Crippen LogP contribution in [0.5, 0.6) is 17.2 Å². The van der Waals surface area contributed by atoms with Crippen molar-refractivity contribution in [2.75, 3.05) is 6.61 Å². The van der Waals surface area contributed by atoms with E-state index in [-0.39, 0.29) is 4.99 Å². The van der Waals surface area contributed by atoms with Crippen molar-refractivity contribution in [2.24, 2.45) is 5.73 Å². The third kappa shape index (κ3) is 3.62. The van der Waals surface area contributed by atoms with Crippen LogP contribution < -0.4 is 15.2 Å². The Morgan fingerprint density at radius 1 is 1.15 bits per heavy atom. The summed E-state index contributed by atoms with van der Waals surface area (Å²) < 4.78 is 11.2. The number of thiocarbonyl (C=S) groups is 1. The van der Waals surface area contributed by atoms with Gasteiger partial charge in [0.05, 0.1) is 12.2 Å². The van der Waals surface area contributed by atoms with Crippen LogP contribution in [-0.4, -0.2) is 11.6 Å². The van der Waals surface area contributed by atoms with Gasteiger partial charge in [0.15, 0.2) is 0 Å². The third-order valence-electron chi connectivity index (χ3n) is 2.57. The van der Waals surface area contributed by atoms with Gasteiger partial charge in [-0.2, -0.15) is 0 Å². The highest BCUT2D eigenvalue weighted by atomic mass is 35.5. The molecule has 0 aliphatic rings. The summed E-state index contributed by atoms with van der Waals surface area (Å²) in [5.74, 6) is 1.99. The summed E-state index contributed by atoms with van der Waals surface area (Å²) in [5, 5.41) is 0.561. The molecule has 2 aromatic rings. The van der Waals surface area contributed by atoms with Crippen LogP contribution in [0.25, 0.3) is 0 Å². The lowest BCUT2D eigenvalue weighted by molar-refractivity contribution is 0.339. The Bertz CT molecular complexity index is 614. The Kier molecular flexibility index (Phi) is 4.82. The molecule has 0 aromatic heterocycles. The van der Waals surface area contributed by atoms with Gasteiger partial charge < -0.3 is 15.2 Å². The van der Waals surface area contributed by atoms with E-state index in [4.69, 9.17) is 39.0 Å². The molecular formula is C15H14ClNO2S. The highest BCUT2D eigenvalue weighted by Gasteiger charge is 2.08. The Morgan fingerprint density at radius 3 is 2.40 bits per heavy atom. The van der Waals surface area contributed by atoms with E-state index in [9.17, 15) is 0 Å². The first-order valence-electron chi connectivity index (χ1n) is 6.10. The van der Waals surface area contributed by atoms with Crippen molar-refractivity contribution in [3.05, 3.63) is 53.1 Å². The Balaban J connectivity index is 2.25. The van der Waals surface area contributed by atoms with Gasteiger partial charge in [0.25, 0.3) is 0 Å². The van der Waals surface area contributed by atoms with Crippen LogP contribution in [0.15, 0.2) is 42.5 Å². The van der Waals surface area contributed by atoms with E-state index in [1.54, 1.807) is 18.2 Å². The monoisotopic (exact) mass is 307 g/mol. The van der Waals surface area contributed by atoms with Crippen molar-refractivity contribution in [1.29, 1.82) is 0 Å².